The number of piperidine rings is 1. The summed E-state index contributed by atoms with van der Waals surface area (Å²) in [7, 11) is 3.23. The lowest BCUT2D eigenvalue weighted by atomic mass is 10.0. The van der Waals surface area contributed by atoms with Gasteiger partial charge in [-0.25, -0.2) is 0 Å². The van der Waals surface area contributed by atoms with Crippen LogP contribution in [0.25, 0.3) is 0 Å². The maximum Gasteiger partial charge on any atom is 0.242 e. The zero-order chi connectivity index (χ0) is 13.4. The summed E-state index contributed by atoms with van der Waals surface area (Å²) in [5, 5.41) is 5.64. The zero-order valence-corrected chi connectivity index (χ0v) is 12.4. The number of hydrogen-bond acceptors (Lipinski definition) is 4. The van der Waals surface area contributed by atoms with Crippen LogP contribution < -0.4 is 10.6 Å². The van der Waals surface area contributed by atoms with Crippen LogP contribution in [0.15, 0.2) is 0 Å². The maximum absolute atomic E-state index is 12.0. The van der Waals surface area contributed by atoms with E-state index in [1.807, 2.05) is 0 Å². The number of carbonyl (C=O) groups excluding carboxylic acids is 2. The Hall–Kier alpha value is -0.850. The molecule has 19 heavy (non-hydrogen) atoms. The van der Waals surface area contributed by atoms with Gasteiger partial charge in [-0.1, -0.05) is 0 Å². The van der Waals surface area contributed by atoms with Crippen LogP contribution in [-0.2, 0) is 14.3 Å². The third-order valence-corrected chi connectivity index (χ3v) is 3.13. The monoisotopic (exact) mass is 293 g/mol. The summed E-state index contributed by atoms with van der Waals surface area (Å²) >= 11 is 0. The van der Waals surface area contributed by atoms with Crippen LogP contribution in [0.4, 0.5) is 0 Å². The van der Waals surface area contributed by atoms with E-state index < -0.39 is 0 Å². The van der Waals surface area contributed by atoms with Gasteiger partial charge in [-0.15, -0.1) is 12.4 Å². The second-order valence-corrected chi connectivity index (χ2v) is 4.38. The normalized spacial score (nSPS) is 18.6. The van der Waals surface area contributed by atoms with E-state index in [4.69, 9.17) is 4.74 Å². The molecular formula is C12H24ClN3O3. The minimum atomic E-state index is -0.305. The number of ether oxygens (including phenoxy) is 1. The highest BCUT2D eigenvalue weighted by atomic mass is 35.5. The Morgan fingerprint density at radius 2 is 2.11 bits per heavy atom. The molecule has 0 aromatic carbocycles. The summed E-state index contributed by atoms with van der Waals surface area (Å²) in [6.07, 6.45) is 2.72. The van der Waals surface area contributed by atoms with Crippen molar-refractivity contribution in [2.24, 2.45) is 0 Å². The molecule has 1 unspecified atom stereocenters. The van der Waals surface area contributed by atoms with E-state index in [0.717, 1.165) is 19.3 Å². The smallest absolute Gasteiger partial charge is 0.242 e. The van der Waals surface area contributed by atoms with Crippen LogP contribution in [-0.4, -0.2) is 63.2 Å². The van der Waals surface area contributed by atoms with Crippen molar-refractivity contribution in [3.8, 4) is 0 Å². The van der Waals surface area contributed by atoms with Crippen molar-refractivity contribution in [1.29, 1.82) is 0 Å². The molecule has 112 valence electrons. The third kappa shape index (κ3) is 5.76. The average molecular weight is 294 g/mol. The van der Waals surface area contributed by atoms with Crippen LogP contribution in [0.2, 0.25) is 0 Å². The minimum absolute atomic E-state index is 0. The van der Waals surface area contributed by atoms with Gasteiger partial charge in [0.15, 0.2) is 0 Å². The summed E-state index contributed by atoms with van der Waals surface area (Å²) in [5.74, 6) is -0.0839. The molecule has 0 aromatic heterocycles. The average Bonchev–Trinajstić information content (AvgIpc) is 2.42. The molecule has 0 saturated carbocycles. The molecule has 0 radical (unpaired) electrons. The maximum atomic E-state index is 12.0. The molecule has 2 amide bonds. The fraction of sp³-hybridized carbons (Fsp3) is 0.833. The molecule has 1 atom stereocenters. The number of nitrogens with zero attached hydrogens (tertiary/aromatic N) is 1. The highest BCUT2D eigenvalue weighted by molar-refractivity contribution is 5.88. The van der Waals surface area contributed by atoms with Crippen molar-refractivity contribution in [3.63, 3.8) is 0 Å². The Labute approximate surface area is 120 Å². The van der Waals surface area contributed by atoms with Gasteiger partial charge < -0.3 is 20.3 Å². The lowest BCUT2D eigenvalue weighted by Gasteiger charge is -2.34. The summed E-state index contributed by atoms with van der Waals surface area (Å²) in [6.45, 7) is 2.15. The topological polar surface area (TPSA) is 70.7 Å². The summed E-state index contributed by atoms with van der Waals surface area (Å²) < 4.78 is 4.89. The molecule has 7 heteroatoms. The zero-order valence-electron chi connectivity index (χ0n) is 11.6. The number of likely N-dealkylation sites (N-methyl/N-ethyl adjacent to an activating group) is 1. The molecule has 1 heterocycles. The summed E-state index contributed by atoms with van der Waals surface area (Å²) in [5.41, 5.74) is 0. The van der Waals surface area contributed by atoms with Crippen LogP contribution >= 0.6 is 12.4 Å². The van der Waals surface area contributed by atoms with Crippen LogP contribution in [0.5, 0.6) is 0 Å². The van der Waals surface area contributed by atoms with E-state index in [1.165, 1.54) is 0 Å². The van der Waals surface area contributed by atoms with Crippen molar-refractivity contribution in [2.45, 2.75) is 25.3 Å². The fourth-order valence-corrected chi connectivity index (χ4v) is 2.14. The molecule has 1 aliphatic rings. The predicted octanol–water partition coefficient (Wildman–Crippen LogP) is -0.229. The third-order valence-electron chi connectivity index (χ3n) is 3.13. The van der Waals surface area contributed by atoms with Crippen LogP contribution in [0.3, 0.4) is 0 Å². The van der Waals surface area contributed by atoms with Crippen molar-refractivity contribution >= 4 is 24.2 Å². The van der Waals surface area contributed by atoms with Gasteiger partial charge >= 0.3 is 0 Å². The Morgan fingerprint density at radius 3 is 2.74 bits per heavy atom. The molecular weight excluding hydrogens is 270 g/mol. The van der Waals surface area contributed by atoms with Gasteiger partial charge in [0.2, 0.25) is 11.8 Å². The first-order chi connectivity index (χ1) is 8.70. The van der Waals surface area contributed by atoms with Crippen LogP contribution in [0.1, 0.15) is 19.3 Å². The number of likely N-dealkylation sites (tertiary alicyclic amines) is 1. The highest BCUT2D eigenvalue weighted by Gasteiger charge is 2.30. The van der Waals surface area contributed by atoms with Gasteiger partial charge in [0, 0.05) is 27.2 Å². The Balaban J connectivity index is 0.00000324. The summed E-state index contributed by atoms with van der Waals surface area (Å²) in [6, 6.07) is -0.305. The lowest BCUT2D eigenvalue weighted by molar-refractivity contribution is -0.141. The fourth-order valence-electron chi connectivity index (χ4n) is 2.14. The first-order valence-corrected chi connectivity index (χ1v) is 6.41. The minimum Gasteiger partial charge on any atom is -0.383 e. The van der Waals surface area contributed by atoms with Crippen molar-refractivity contribution in [2.75, 3.05) is 40.4 Å². The molecule has 1 saturated heterocycles. The first-order valence-electron chi connectivity index (χ1n) is 6.41. The van der Waals surface area contributed by atoms with Crippen molar-refractivity contribution < 1.29 is 14.3 Å². The van der Waals surface area contributed by atoms with Gasteiger partial charge in [0.25, 0.3) is 0 Å². The quantitative estimate of drug-likeness (QED) is 0.664. The van der Waals surface area contributed by atoms with Gasteiger partial charge in [0.05, 0.1) is 13.2 Å². The molecule has 6 nitrogen and oxygen atoms in total. The van der Waals surface area contributed by atoms with E-state index >= 15 is 0 Å². The molecule has 0 aliphatic carbocycles. The molecule has 1 rings (SSSR count). The molecule has 1 fully saturated rings. The molecule has 1 aliphatic heterocycles. The number of halogens is 1. The largest absolute Gasteiger partial charge is 0.383 e. The SMILES string of the molecule is CNC(=O)C1CCCCN1C(=O)CNCCOC.Cl. The second-order valence-electron chi connectivity index (χ2n) is 4.38. The second kappa shape index (κ2) is 10.00. The molecule has 2 N–H and O–H groups in total. The molecule has 0 bridgehead atoms. The van der Waals surface area contributed by atoms with E-state index in [-0.39, 0.29) is 36.8 Å². The van der Waals surface area contributed by atoms with Gasteiger partial charge in [-0.2, -0.15) is 0 Å². The van der Waals surface area contributed by atoms with Crippen LogP contribution in [0, 0.1) is 0 Å². The number of carbonyl (C=O) groups is 2. The Morgan fingerprint density at radius 1 is 1.37 bits per heavy atom. The number of rotatable bonds is 6. The standard InChI is InChI=1S/C12H23N3O3.ClH/c1-13-12(17)10-5-3-4-7-15(10)11(16)9-14-6-8-18-2;/h10,14H,3-9H2,1-2H3,(H,13,17);1H. The Bertz CT molecular complexity index is 289. The van der Waals surface area contributed by atoms with Gasteiger partial charge in [-0.3, -0.25) is 9.59 Å². The van der Waals surface area contributed by atoms with E-state index in [1.54, 1.807) is 19.1 Å². The number of amides is 2. The number of nitrogens with one attached hydrogen (secondary N) is 2. The molecule has 0 spiro atoms. The summed E-state index contributed by atoms with van der Waals surface area (Å²) in [4.78, 5) is 25.4. The predicted molar refractivity (Wildman–Crippen MR) is 75.4 cm³/mol. The van der Waals surface area contributed by atoms with Crippen molar-refractivity contribution in [3.05, 3.63) is 0 Å². The van der Waals surface area contributed by atoms with Crippen molar-refractivity contribution in [1.82, 2.24) is 15.5 Å². The van der Waals surface area contributed by atoms with E-state index in [2.05, 4.69) is 10.6 Å². The first kappa shape index (κ1) is 18.1. The van der Waals surface area contributed by atoms with Gasteiger partial charge in [0.1, 0.15) is 6.04 Å². The number of methoxy groups -OCH3 is 1. The number of hydrogen-bond donors (Lipinski definition) is 2. The Kier molecular flexibility index (Phi) is 9.55. The molecule has 0 aromatic rings. The highest BCUT2D eigenvalue weighted by Crippen LogP contribution is 2.17. The van der Waals surface area contributed by atoms with E-state index in [0.29, 0.717) is 19.7 Å². The van der Waals surface area contributed by atoms with Gasteiger partial charge in [-0.05, 0) is 19.3 Å². The lowest BCUT2D eigenvalue weighted by Crippen LogP contribution is -2.53. The van der Waals surface area contributed by atoms with E-state index in [9.17, 15) is 9.59 Å².